The average Bonchev–Trinajstić information content (AvgIpc) is 2.91. The van der Waals surface area contributed by atoms with E-state index in [-0.39, 0.29) is 0 Å². The third kappa shape index (κ3) is 7.66. The molecule has 2 N–H and O–H groups in total. The smallest absolute Gasteiger partial charge is 0.274 e. The summed E-state index contributed by atoms with van der Waals surface area (Å²) in [6.45, 7) is 1.15. The molecule has 0 saturated heterocycles. The molecule has 0 bridgehead atoms. The fraction of sp³-hybridized carbons (Fsp3) is 0.417. The van der Waals surface area contributed by atoms with E-state index >= 15 is 0 Å². The SMILES string of the molecule is C#CCCN/C(=C/[N+](=O)[O-])NCCSCc1nccs1. The van der Waals surface area contributed by atoms with Crippen LogP contribution in [0.15, 0.2) is 23.6 Å². The number of aromatic nitrogens is 1. The minimum atomic E-state index is -0.492. The Labute approximate surface area is 126 Å². The van der Waals surface area contributed by atoms with E-state index < -0.39 is 4.92 Å². The third-order valence-corrected chi connectivity index (χ3v) is 4.02. The van der Waals surface area contributed by atoms with E-state index in [1.165, 1.54) is 0 Å². The summed E-state index contributed by atoms with van der Waals surface area (Å²) in [7, 11) is 0. The fourth-order valence-corrected chi connectivity index (χ4v) is 2.83. The van der Waals surface area contributed by atoms with Crippen molar-refractivity contribution in [2.45, 2.75) is 12.2 Å². The predicted molar refractivity (Wildman–Crippen MR) is 82.8 cm³/mol. The van der Waals surface area contributed by atoms with Crippen molar-refractivity contribution in [1.82, 2.24) is 15.6 Å². The van der Waals surface area contributed by atoms with Crippen LogP contribution < -0.4 is 10.6 Å². The number of nitro groups is 1. The summed E-state index contributed by atoms with van der Waals surface area (Å²) in [6, 6.07) is 0. The predicted octanol–water partition coefficient (Wildman–Crippen LogP) is 1.65. The van der Waals surface area contributed by atoms with Crippen molar-refractivity contribution in [3.63, 3.8) is 0 Å². The lowest BCUT2D eigenvalue weighted by atomic mass is 10.4. The maximum absolute atomic E-state index is 10.5. The van der Waals surface area contributed by atoms with Crippen molar-refractivity contribution < 1.29 is 4.92 Å². The summed E-state index contributed by atoms with van der Waals surface area (Å²) < 4.78 is 0. The van der Waals surface area contributed by atoms with Gasteiger partial charge in [0.2, 0.25) is 0 Å². The Morgan fingerprint density at radius 3 is 3.05 bits per heavy atom. The molecule has 0 aliphatic carbocycles. The second kappa shape index (κ2) is 10.1. The van der Waals surface area contributed by atoms with Gasteiger partial charge in [0.05, 0.1) is 4.92 Å². The molecule has 0 atom stereocenters. The van der Waals surface area contributed by atoms with Crippen molar-refractivity contribution in [3.8, 4) is 12.3 Å². The summed E-state index contributed by atoms with van der Waals surface area (Å²) in [5.41, 5.74) is 0. The number of terminal acetylenes is 1. The Morgan fingerprint density at radius 2 is 2.40 bits per heavy atom. The number of hydrogen-bond donors (Lipinski definition) is 2. The third-order valence-electron chi connectivity index (χ3n) is 2.09. The van der Waals surface area contributed by atoms with Crippen molar-refractivity contribution in [2.75, 3.05) is 18.8 Å². The fourth-order valence-electron chi connectivity index (χ4n) is 1.27. The van der Waals surface area contributed by atoms with E-state index in [1.54, 1.807) is 29.3 Å². The van der Waals surface area contributed by atoms with Crippen molar-refractivity contribution >= 4 is 23.1 Å². The highest BCUT2D eigenvalue weighted by Gasteiger charge is 2.02. The highest BCUT2D eigenvalue weighted by molar-refractivity contribution is 7.98. The van der Waals surface area contributed by atoms with E-state index in [1.807, 2.05) is 5.38 Å². The minimum Gasteiger partial charge on any atom is -0.366 e. The van der Waals surface area contributed by atoms with Gasteiger partial charge in [-0.2, -0.15) is 11.8 Å². The maximum atomic E-state index is 10.5. The molecule has 1 rings (SSSR count). The van der Waals surface area contributed by atoms with Gasteiger partial charge in [0.25, 0.3) is 6.20 Å². The van der Waals surface area contributed by atoms with Gasteiger partial charge in [0.1, 0.15) is 5.01 Å². The van der Waals surface area contributed by atoms with Crippen LogP contribution in [0.5, 0.6) is 0 Å². The summed E-state index contributed by atoms with van der Waals surface area (Å²) in [6.07, 6.45) is 8.36. The molecule has 0 radical (unpaired) electrons. The van der Waals surface area contributed by atoms with Crippen molar-refractivity contribution in [2.24, 2.45) is 0 Å². The zero-order valence-electron chi connectivity index (χ0n) is 10.9. The van der Waals surface area contributed by atoms with E-state index in [2.05, 4.69) is 21.5 Å². The molecule has 0 aliphatic heterocycles. The first-order valence-corrected chi connectivity index (χ1v) is 7.98. The van der Waals surface area contributed by atoms with Gasteiger partial charge in [-0.25, -0.2) is 4.98 Å². The van der Waals surface area contributed by atoms with Crippen LogP contribution in [0.4, 0.5) is 0 Å². The van der Waals surface area contributed by atoms with Crippen LogP contribution in [0.3, 0.4) is 0 Å². The van der Waals surface area contributed by atoms with Crippen LogP contribution in [0.2, 0.25) is 0 Å². The number of hydrogen-bond acceptors (Lipinski definition) is 7. The van der Waals surface area contributed by atoms with E-state index in [0.717, 1.165) is 22.7 Å². The number of nitrogens with zero attached hydrogens (tertiary/aromatic N) is 2. The monoisotopic (exact) mass is 312 g/mol. The second-order valence-corrected chi connectivity index (χ2v) is 5.70. The summed E-state index contributed by atoms with van der Waals surface area (Å²) in [5, 5.41) is 19.4. The molecule has 1 heterocycles. The topological polar surface area (TPSA) is 80.1 Å². The molecule has 20 heavy (non-hydrogen) atoms. The molecule has 0 saturated carbocycles. The molecule has 0 unspecified atom stereocenters. The molecule has 6 nitrogen and oxygen atoms in total. The van der Waals surface area contributed by atoms with Gasteiger partial charge in [-0.1, -0.05) is 0 Å². The zero-order chi connectivity index (χ0) is 14.6. The minimum absolute atomic E-state index is 0.389. The van der Waals surface area contributed by atoms with Gasteiger partial charge < -0.3 is 10.6 Å². The highest BCUT2D eigenvalue weighted by atomic mass is 32.2. The molecule has 0 amide bonds. The molecule has 1 aromatic rings. The summed E-state index contributed by atoms with van der Waals surface area (Å²) >= 11 is 3.35. The Balaban J connectivity index is 2.20. The quantitative estimate of drug-likeness (QED) is 0.296. The first-order valence-electron chi connectivity index (χ1n) is 5.95. The van der Waals surface area contributed by atoms with E-state index in [4.69, 9.17) is 6.42 Å². The normalized spacial score (nSPS) is 10.8. The van der Waals surface area contributed by atoms with Gasteiger partial charge in [-0.15, -0.1) is 23.7 Å². The Bertz CT molecular complexity index is 468. The lowest BCUT2D eigenvalue weighted by Crippen LogP contribution is -2.29. The van der Waals surface area contributed by atoms with Crippen LogP contribution in [0, 0.1) is 22.5 Å². The number of nitrogens with one attached hydrogen (secondary N) is 2. The second-order valence-electron chi connectivity index (χ2n) is 3.61. The molecule has 0 spiro atoms. The molecule has 0 aromatic carbocycles. The molecule has 0 fully saturated rings. The molecule has 8 heteroatoms. The van der Waals surface area contributed by atoms with Crippen LogP contribution >= 0.6 is 23.1 Å². The lowest BCUT2D eigenvalue weighted by molar-refractivity contribution is -0.404. The molecule has 108 valence electrons. The van der Waals surface area contributed by atoms with Gasteiger partial charge in [-0.3, -0.25) is 10.1 Å². The Kier molecular flexibility index (Phi) is 8.26. The average molecular weight is 312 g/mol. The summed E-state index contributed by atoms with van der Waals surface area (Å²) in [4.78, 5) is 14.2. The van der Waals surface area contributed by atoms with Crippen LogP contribution in [0.1, 0.15) is 11.4 Å². The lowest BCUT2D eigenvalue weighted by Gasteiger charge is -2.09. The van der Waals surface area contributed by atoms with Crippen LogP contribution in [-0.4, -0.2) is 28.7 Å². The molecular formula is C12H16N4O2S2. The van der Waals surface area contributed by atoms with Crippen LogP contribution in [-0.2, 0) is 5.75 Å². The largest absolute Gasteiger partial charge is 0.366 e. The van der Waals surface area contributed by atoms with Gasteiger partial charge in [0, 0.05) is 42.6 Å². The molecule has 0 aliphatic rings. The number of thiazole rings is 1. The van der Waals surface area contributed by atoms with Crippen LogP contribution in [0.25, 0.3) is 0 Å². The Hall–Kier alpha value is -1.72. The first kappa shape index (κ1) is 16.3. The van der Waals surface area contributed by atoms with Crippen molar-refractivity contribution in [3.05, 3.63) is 38.7 Å². The van der Waals surface area contributed by atoms with Gasteiger partial charge in [0.15, 0.2) is 5.82 Å². The molecule has 1 aromatic heterocycles. The molecular weight excluding hydrogens is 296 g/mol. The number of thioether (sulfide) groups is 1. The zero-order valence-corrected chi connectivity index (χ0v) is 12.5. The Morgan fingerprint density at radius 1 is 1.60 bits per heavy atom. The van der Waals surface area contributed by atoms with Gasteiger partial charge >= 0.3 is 0 Å². The summed E-state index contributed by atoms with van der Waals surface area (Å²) in [5.74, 6) is 4.56. The van der Waals surface area contributed by atoms with E-state index in [0.29, 0.717) is 25.3 Å². The number of rotatable bonds is 10. The first-order chi connectivity index (χ1) is 9.72. The maximum Gasteiger partial charge on any atom is 0.274 e. The van der Waals surface area contributed by atoms with Gasteiger partial charge in [-0.05, 0) is 0 Å². The van der Waals surface area contributed by atoms with Crippen molar-refractivity contribution in [1.29, 1.82) is 0 Å². The van der Waals surface area contributed by atoms with E-state index in [9.17, 15) is 10.1 Å². The highest BCUT2D eigenvalue weighted by Crippen LogP contribution is 2.13. The standard InChI is InChI=1S/C12H16N4O2S2/c1-2-3-4-13-11(9-16(17)18)14-5-7-19-10-12-15-6-8-20-12/h1,6,8-9,13-14H,3-5,7,10H2/b11-9-.